The third-order valence-corrected chi connectivity index (χ3v) is 2.51. The summed E-state index contributed by atoms with van der Waals surface area (Å²) in [5.74, 6) is 0.851. The van der Waals surface area contributed by atoms with Crippen LogP contribution in [0.15, 0.2) is 35.5 Å². The van der Waals surface area contributed by atoms with Crippen molar-refractivity contribution in [3.63, 3.8) is 0 Å². The van der Waals surface area contributed by atoms with Gasteiger partial charge < -0.3 is 14.6 Å². The van der Waals surface area contributed by atoms with Gasteiger partial charge in [-0.15, -0.1) is 0 Å². The molecule has 0 amide bonds. The lowest BCUT2D eigenvalue weighted by atomic mass is 10.2. The summed E-state index contributed by atoms with van der Waals surface area (Å²) in [7, 11) is 3.24. The maximum absolute atomic E-state index is 11.7. The van der Waals surface area contributed by atoms with E-state index in [4.69, 9.17) is 4.74 Å². The van der Waals surface area contributed by atoms with Crippen LogP contribution in [0.2, 0.25) is 0 Å². The molecule has 0 aliphatic rings. The Morgan fingerprint density at radius 2 is 2.22 bits per heavy atom. The van der Waals surface area contributed by atoms with Gasteiger partial charge in [0.2, 0.25) is 5.88 Å². The average Bonchev–Trinajstić information content (AvgIpc) is 2.41. The number of aromatic nitrogens is 3. The van der Waals surface area contributed by atoms with Gasteiger partial charge in [0.05, 0.1) is 7.11 Å². The maximum Gasteiger partial charge on any atom is 0.293 e. The second kappa shape index (κ2) is 5.31. The van der Waals surface area contributed by atoms with Crippen LogP contribution in [-0.2, 0) is 13.6 Å². The number of ether oxygens (including phenoxy) is 1. The van der Waals surface area contributed by atoms with Crippen molar-refractivity contribution >= 4 is 5.82 Å². The second-order valence-electron chi connectivity index (χ2n) is 3.72. The molecule has 0 saturated heterocycles. The van der Waals surface area contributed by atoms with Crippen LogP contribution in [-0.4, -0.2) is 21.6 Å². The highest BCUT2D eigenvalue weighted by Crippen LogP contribution is 2.14. The lowest BCUT2D eigenvalue weighted by Crippen LogP contribution is -2.21. The average molecular weight is 246 g/mol. The Morgan fingerprint density at radius 1 is 1.39 bits per heavy atom. The van der Waals surface area contributed by atoms with Gasteiger partial charge in [-0.3, -0.25) is 4.79 Å². The van der Waals surface area contributed by atoms with E-state index in [1.165, 1.54) is 4.57 Å². The molecule has 6 heteroatoms. The molecule has 2 rings (SSSR count). The first-order valence-electron chi connectivity index (χ1n) is 5.45. The van der Waals surface area contributed by atoms with Crippen LogP contribution < -0.4 is 15.6 Å². The number of pyridine rings is 1. The Bertz CT molecular complexity index is 595. The molecule has 18 heavy (non-hydrogen) atoms. The third-order valence-electron chi connectivity index (χ3n) is 2.51. The van der Waals surface area contributed by atoms with Gasteiger partial charge in [0.25, 0.3) is 5.56 Å². The second-order valence-corrected chi connectivity index (χ2v) is 3.72. The number of aryl methyl sites for hydroxylation is 1. The monoisotopic (exact) mass is 246 g/mol. The number of anilines is 1. The topological polar surface area (TPSA) is 69.0 Å². The van der Waals surface area contributed by atoms with E-state index in [9.17, 15) is 4.79 Å². The summed E-state index contributed by atoms with van der Waals surface area (Å²) >= 11 is 0. The van der Waals surface area contributed by atoms with E-state index < -0.39 is 0 Å². The van der Waals surface area contributed by atoms with E-state index >= 15 is 0 Å². The fraction of sp³-hybridized carbons (Fsp3) is 0.250. The molecule has 2 aromatic rings. The van der Waals surface area contributed by atoms with Gasteiger partial charge in [0.1, 0.15) is 0 Å². The Morgan fingerprint density at radius 3 is 3.00 bits per heavy atom. The minimum atomic E-state index is -0.166. The van der Waals surface area contributed by atoms with Crippen LogP contribution in [0.5, 0.6) is 5.88 Å². The van der Waals surface area contributed by atoms with Crippen molar-refractivity contribution in [1.29, 1.82) is 0 Å². The fourth-order valence-corrected chi connectivity index (χ4v) is 1.54. The third kappa shape index (κ3) is 2.48. The fourth-order valence-electron chi connectivity index (χ4n) is 1.54. The first kappa shape index (κ1) is 12.1. The van der Waals surface area contributed by atoms with Crippen molar-refractivity contribution in [2.24, 2.45) is 7.05 Å². The predicted octanol–water partition coefficient (Wildman–Crippen LogP) is 0.796. The molecule has 94 valence electrons. The summed E-state index contributed by atoms with van der Waals surface area (Å²) in [5.41, 5.74) is 0.702. The van der Waals surface area contributed by atoms with Crippen molar-refractivity contribution in [1.82, 2.24) is 14.5 Å². The standard InChI is InChI=1S/C12H14N4O2/c1-16-7-6-13-10(12(16)17)15-8-9-4-3-5-14-11(9)18-2/h3-7H,8H2,1-2H3,(H,13,15). The number of methoxy groups -OCH3 is 1. The van der Waals surface area contributed by atoms with E-state index in [0.29, 0.717) is 18.2 Å². The van der Waals surface area contributed by atoms with Crippen LogP contribution in [0.1, 0.15) is 5.56 Å². The first-order chi connectivity index (χ1) is 8.72. The molecule has 0 aliphatic heterocycles. The summed E-state index contributed by atoms with van der Waals surface area (Å²) in [6.07, 6.45) is 4.84. The molecular weight excluding hydrogens is 232 g/mol. The Balaban J connectivity index is 2.17. The SMILES string of the molecule is COc1ncccc1CNc1nccn(C)c1=O. The highest BCUT2D eigenvalue weighted by Gasteiger charge is 2.05. The summed E-state index contributed by atoms with van der Waals surface area (Å²) in [6, 6.07) is 3.70. The van der Waals surface area contributed by atoms with Crippen LogP contribution in [0.3, 0.4) is 0 Å². The molecule has 0 bridgehead atoms. The van der Waals surface area contributed by atoms with Crippen molar-refractivity contribution < 1.29 is 4.74 Å². The molecular formula is C12H14N4O2. The van der Waals surface area contributed by atoms with Gasteiger partial charge in [0.15, 0.2) is 5.82 Å². The predicted molar refractivity (Wildman–Crippen MR) is 67.6 cm³/mol. The molecule has 0 spiro atoms. The van der Waals surface area contributed by atoms with Crippen LogP contribution in [0.4, 0.5) is 5.82 Å². The molecule has 0 atom stereocenters. The lowest BCUT2D eigenvalue weighted by molar-refractivity contribution is 0.393. The number of nitrogens with zero attached hydrogens (tertiary/aromatic N) is 3. The zero-order chi connectivity index (χ0) is 13.0. The summed E-state index contributed by atoms with van der Waals surface area (Å²) < 4.78 is 6.60. The van der Waals surface area contributed by atoms with Crippen molar-refractivity contribution in [3.05, 3.63) is 46.6 Å². The van der Waals surface area contributed by atoms with Gasteiger partial charge >= 0.3 is 0 Å². The molecule has 2 aromatic heterocycles. The molecule has 0 radical (unpaired) electrons. The van der Waals surface area contributed by atoms with E-state index in [0.717, 1.165) is 5.56 Å². The molecule has 0 aromatic carbocycles. The Kier molecular flexibility index (Phi) is 3.57. The number of hydrogen-bond donors (Lipinski definition) is 1. The smallest absolute Gasteiger partial charge is 0.293 e. The highest BCUT2D eigenvalue weighted by atomic mass is 16.5. The van der Waals surface area contributed by atoms with E-state index in [1.807, 2.05) is 12.1 Å². The molecule has 6 nitrogen and oxygen atoms in total. The van der Waals surface area contributed by atoms with Gasteiger partial charge in [-0.25, -0.2) is 9.97 Å². The lowest BCUT2D eigenvalue weighted by Gasteiger charge is -2.08. The minimum absolute atomic E-state index is 0.166. The van der Waals surface area contributed by atoms with E-state index in [1.54, 1.807) is 32.7 Å². The molecule has 0 saturated carbocycles. The first-order valence-corrected chi connectivity index (χ1v) is 5.45. The van der Waals surface area contributed by atoms with Crippen LogP contribution >= 0.6 is 0 Å². The largest absolute Gasteiger partial charge is 0.481 e. The molecule has 0 fully saturated rings. The number of hydrogen-bond acceptors (Lipinski definition) is 5. The summed E-state index contributed by atoms with van der Waals surface area (Å²) in [4.78, 5) is 19.8. The van der Waals surface area contributed by atoms with Crippen LogP contribution in [0.25, 0.3) is 0 Å². The minimum Gasteiger partial charge on any atom is -0.481 e. The van der Waals surface area contributed by atoms with Gasteiger partial charge in [-0.2, -0.15) is 0 Å². The van der Waals surface area contributed by atoms with Crippen LogP contribution in [0, 0.1) is 0 Å². The van der Waals surface area contributed by atoms with Crippen molar-refractivity contribution in [3.8, 4) is 5.88 Å². The zero-order valence-electron chi connectivity index (χ0n) is 10.3. The highest BCUT2D eigenvalue weighted by molar-refractivity contribution is 5.35. The normalized spacial score (nSPS) is 10.1. The van der Waals surface area contributed by atoms with Crippen molar-refractivity contribution in [2.45, 2.75) is 6.54 Å². The molecule has 1 N–H and O–H groups in total. The van der Waals surface area contributed by atoms with Gasteiger partial charge in [-0.1, -0.05) is 6.07 Å². The molecule has 0 unspecified atom stereocenters. The maximum atomic E-state index is 11.7. The number of rotatable bonds is 4. The van der Waals surface area contributed by atoms with Gasteiger partial charge in [-0.05, 0) is 6.07 Å². The summed E-state index contributed by atoms with van der Waals surface area (Å²) in [5, 5.41) is 2.98. The zero-order valence-corrected chi connectivity index (χ0v) is 10.3. The molecule has 0 aliphatic carbocycles. The Hall–Kier alpha value is -2.37. The quantitative estimate of drug-likeness (QED) is 0.864. The summed E-state index contributed by atoms with van der Waals surface area (Å²) in [6.45, 7) is 0.434. The van der Waals surface area contributed by atoms with E-state index in [2.05, 4.69) is 15.3 Å². The molecule has 2 heterocycles. The van der Waals surface area contributed by atoms with Gasteiger partial charge in [0, 0.05) is 37.7 Å². The number of nitrogens with one attached hydrogen (secondary N) is 1. The van der Waals surface area contributed by atoms with E-state index in [-0.39, 0.29) is 5.56 Å². The Labute approximate surface area is 104 Å². The van der Waals surface area contributed by atoms with Crippen molar-refractivity contribution in [2.75, 3.05) is 12.4 Å².